The van der Waals surface area contributed by atoms with Crippen LogP contribution in [0.3, 0.4) is 0 Å². The second-order valence-electron chi connectivity index (χ2n) is 6.48. The van der Waals surface area contributed by atoms with Gasteiger partial charge in [-0.1, -0.05) is 43.7 Å². The standard InChI is InChI=1S/C18H27N5.HI/c1-14-7-6-8-15(11-14)18(2,3)13-21-17(19-4)20-12-16-9-10-22-23(16)5;/h6-11H,12-13H2,1-5H3,(H2,19,20,21);1H. The lowest BCUT2D eigenvalue weighted by molar-refractivity contribution is 0.508. The second kappa shape index (κ2) is 9.05. The molecule has 0 unspecified atom stereocenters. The molecule has 0 aliphatic carbocycles. The lowest BCUT2D eigenvalue weighted by Crippen LogP contribution is -2.43. The van der Waals surface area contributed by atoms with Crippen LogP contribution in [0.25, 0.3) is 0 Å². The van der Waals surface area contributed by atoms with E-state index in [0.717, 1.165) is 18.2 Å². The lowest BCUT2D eigenvalue weighted by Gasteiger charge is -2.27. The molecule has 0 atom stereocenters. The number of hydrogen-bond acceptors (Lipinski definition) is 2. The van der Waals surface area contributed by atoms with Crippen molar-refractivity contribution in [3.8, 4) is 0 Å². The van der Waals surface area contributed by atoms with Crippen molar-refractivity contribution in [1.29, 1.82) is 0 Å². The number of aryl methyl sites for hydroxylation is 2. The van der Waals surface area contributed by atoms with Gasteiger partial charge in [0.05, 0.1) is 12.2 Å². The highest BCUT2D eigenvalue weighted by molar-refractivity contribution is 14.0. The maximum atomic E-state index is 4.30. The molecular weight excluding hydrogens is 413 g/mol. The smallest absolute Gasteiger partial charge is 0.191 e. The van der Waals surface area contributed by atoms with Crippen LogP contribution in [-0.4, -0.2) is 29.3 Å². The minimum absolute atomic E-state index is 0. The second-order valence-corrected chi connectivity index (χ2v) is 6.48. The van der Waals surface area contributed by atoms with Gasteiger partial charge in [-0.2, -0.15) is 5.10 Å². The number of aliphatic imine (C=N–C) groups is 1. The molecular formula is C18H28IN5. The number of rotatable bonds is 5. The first kappa shape index (κ1) is 20.5. The highest BCUT2D eigenvalue weighted by Crippen LogP contribution is 2.22. The summed E-state index contributed by atoms with van der Waals surface area (Å²) in [6, 6.07) is 10.7. The molecule has 0 spiro atoms. The molecule has 5 nitrogen and oxygen atoms in total. The highest BCUT2D eigenvalue weighted by Gasteiger charge is 2.21. The Morgan fingerprint density at radius 2 is 2.00 bits per heavy atom. The Labute approximate surface area is 162 Å². The van der Waals surface area contributed by atoms with Crippen LogP contribution >= 0.6 is 24.0 Å². The molecule has 0 aliphatic heterocycles. The van der Waals surface area contributed by atoms with Crippen molar-refractivity contribution in [1.82, 2.24) is 20.4 Å². The summed E-state index contributed by atoms with van der Waals surface area (Å²) in [7, 11) is 3.73. The van der Waals surface area contributed by atoms with Crippen molar-refractivity contribution in [3.63, 3.8) is 0 Å². The van der Waals surface area contributed by atoms with E-state index < -0.39 is 0 Å². The largest absolute Gasteiger partial charge is 0.356 e. The van der Waals surface area contributed by atoms with Gasteiger partial charge in [0, 0.05) is 32.3 Å². The summed E-state index contributed by atoms with van der Waals surface area (Å²) >= 11 is 0. The minimum atomic E-state index is 0. The summed E-state index contributed by atoms with van der Waals surface area (Å²) in [6.07, 6.45) is 1.80. The van der Waals surface area contributed by atoms with Gasteiger partial charge in [0.25, 0.3) is 0 Å². The van der Waals surface area contributed by atoms with E-state index in [0.29, 0.717) is 6.54 Å². The fraction of sp³-hybridized carbons (Fsp3) is 0.444. The van der Waals surface area contributed by atoms with E-state index in [2.05, 4.69) is 65.8 Å². The number of nitrogens with zero attached hydrogens (tertiary/aromatic N) is 3. The van der Waals surface area contributed by atoms with Crippen LogP contribution in [0.2, 0.25) is 0 Å². The van der Waals surface area contributed by atoms with Gasteiger partial charge in [-0.05, 0) is 18.6 Å². The average molecular weight is 441 g/mol. The Morgan fingerprint density at radius 1 is 1.25 bits per heavy atom. The molecule has 0 saturated carbocycles. The van der Waals surface area contributed by atoms with Crippen molar-refractivity contribution in [2.75, 3.05) is 13.6 Å². The Morgan fingerprint density at radius 3 is 2.58 bits per heavy atom. The van der Waals surface area contributed by atoms with E-state index in [1.165, 1.54) is 11.1 Å². The molecule has 1 heterocycles. The molecule has 132 valence electrons. The molecule has 1 aromatic carbocycles. The zero-order valence-electron chi connectivity index (χ0n) is 15.1. The predicted octanol–water partition coefficient (Wildman–Crippen LogP) is 2.99. The van der Waals surface area contributed by atoms with E-state index in [4.69, 9.17) is 0 Å². The van der Waals surface area contributed by atoms with Crippen LogP contribution in [0.15, 0.2) is 41.5 Å². The Hall–Kier alpha value is -1.57. The SMILES string of the molecule is CN=C(NCc1ccnn1C)NCC(C)(C)c1cccc(C)c1.I. The third-order valence-corrected chi connectivity index (χ3v) is 4.08. The average Bonchev–Trinajstić information content (AvgIpc) is 2.93. The van der Waals surface area contributed by atoms with E-state index in [1.807, 2.05) is 17.8 Å². The summed E-state index contributed by atoms with van der Waals surface area (Å²) in [5, 5.41) is 10.9. The van der Waals surface area contributed by atoms with Gasteiger partial charge in [0.2, 0.25) is 0 Å². The highest BCUT2D eigenvalue weighted by atomic mass is 127. The van der Waals surface area contributed by atoms with Crippen LogP contribution in [0, 0.1) is 6.92 Å². The van der Waals surface area contributed by atoms with Crippen LogP contribution < -0.4 is 10.6 Å². The zero-order valence-corrected chi connectivity index (χ0v) is 17.5. The molecule has 1 aromatic heterocycles. The lowest BCUT2D eigenvalue weighted by atomic mass is 9.84. The summed E-state index contributed by atoms with van der Waals surface area (Å²) in [6.45, 7) is 8.11. The number of aromatic nitrogens is 2. The summed E-state index contributed by atoms with van der Waals surface area (Å²) in [5.41, 5.74) is 3.75. The monoisotopic (exact) mass is 441 g/mol. The fourth-order valence-electron chi connectivity index (χ4n) is 2.44. The molecule has 24 heavy (non-hydrogen) atoms. The predicted molar refractivity (Wildman–Crippen MR) is 111 cm³/mol. The Kier molecular flexibility index (Phi) is 7.72. The molecule has 2 rings (SSSR count). The van der Waals surface area contributed by atoms with Crippen LogP contribution in [0.5, 0.6) is 0 Å². The van der Waals surface area contributed by atoms with Gasteiger partial charge < -0.3 is 10.6 Å². The molecule has 0 aliphatic rings. The van der Waals surface area contributed by atoms with Gasteiger partial charge >= 0.3 is 0 Å². The third kappa shape index (κ3) is 5.51. The van der Waals surface area contributed by atoms with Gasteiger partial charge in [0.15, 0.2) is 5.96 Å². The number of benzene rings is 1. The first-order valence-electron chi connectivity index (χ1n) is 7.91. The van der Waals surface area contributed by atoms with Crippen molar-refractivity contribution in [2.24, 2.45) is 12.0 Å². The normalized spacial score (nSPS) is 11.8. The van der Waals surface area contributed by atoms with Crippen LogP contribution in [0.4, 0.5) is 0 Å². The molecule has 0 fully saturated rings. The molecule has 2 aromatic rings. The Bertz CT molecular complexity index is 676. The zero-order chi connectivity index (χ0) is 16.9. The van der Waals surface area contributed by atoms with Crippen molar-refractivity contribution in [2.45, 2.75) is 32.7 Å². The number of halogens is 1. The van der Waals surface area contributed by atoms with Gasteiger partial charge in [-0.25, -0.2) is 0 Å². The van der Waals surface area contributed by atoms with Gasteiger partial charge in [-0.3, -0.25) is 9.67 Å². The molecule has 0 radical (unpaired) electrons. The van der Waals surface area contributed by atoms with Crippen molar-refractivity contribution in [3.05, 3.63) is 53.3 Å². The first-order chi connectivity index (χ1) is 10.9. The fourth-order valence-corrected chi connectivity index (χ4v) is 2.44. The number of nitrogens with one attached hydrogen (secondary N) is 2. The molecule has 2 N–H and O–H groups in total. The van der Waals surface area contributed by atoms with E-state index in [1.54, 1.807) is 13.2 Å². The summed E-state index contributed by atoms with van der Waals surface area (Å²) in [5.74, 6) is 0.798. The Balaban J connectivity index is 0.00000288. The summed E-state index contributed by atoms with van der Waals surface area (Å²) in [4.78, 5) is 4.30. The van der Waals surface area contributed by atoms with E-state index >= 15 is 0 Å². The molecule has 0 saturated heterocycles. The van der Waals surface area contributed by atoms with Gasteiger partial charge in [0.1, 0.15) is 0 Å². The molecule has 6 heteroatoms. The van der Waals surface area contributed by atoms with Crippen LogP contribution in [-0.2, 0) is 19.0 Å². The maximum Gasteiger partial charge on any atom is 0.191 e. The van der Waals surface area contributed by atoms with E-state index in [9.17, 15) is 0 Å². The molecule has 0 bridgehead atoms. The van der Waals surface area contributed by atoms with Crippen LogP contribution in [0.1, 0.15) is 30.7 Å². The third-order valence-electron chi connectivity index (χ3n) is 4.08. The van der Waals surface area contributed by atoms with Gasteiger partial charge in [-0.15, -0.1) is 24.0 Å². The van der Waals surface area contributed by atoms with E-state index in [-0.39, 0.29) is 29.4 Å². The minimum Gasteiger partial charge on any atom is -0.356 e. The topological polar surface area (TPSA) is 54.2 Å². The van der Waals surface area contributed by atoms with Crippen molar-refractivity contribution < 1.29 is 0 Å². The maximum absolute atomic E-state index is 4.30. The van der Waals surface area contributed by atoms with Crippen molar-refractivity contribution >= 4 is 29.9 Å². The quantitative estimate of drug-likeness (QED) is 0.426. The number of guanidine groups is 1. The molecule has 0 amide bonds. The number of hydrogen-bond donors (Lipinski definition) is 2. The summed E-state index contributed by atoms with van der Waals surface area (Å²) < 4.78 is 1.86. The first-order valence-corrected chi connectivity index (χ1v) is 7.91.